The van der Waals surface area contributed by atoms with Gasteiger partial charge in [-0.05, 0) is 98.8 Å². The summed E-state index contributed by atoms with van der Waals surface area (Å²) in [6, 6.07) is 10.6. The van der Waals surface area contributed by atoms with Crippen LogP contribution in [0.1, 0.15) is 146 Å². The van der Waals surface area contributed by atoms with Crippen LogP contribution in [0.25, 0.3) is 0 Å². The van der Waals surface area contributed by atoms with Gasteiger partial charge in [0, 0.05) is 44.2 Å². The number of benzene rings is 2. The highest BCUT2D eigenvalue weighted by Gasteiger charge is 2.65. The first-order valence-corrected chi connectivity index (χ1v) is 25.2. The molecule has 0 saturated heterocycles. The van der Waals surface area contributed by atoms with E-state index in [0.29, 0.717) is 55.2 Å². The highest BCUT2D eigenvalue weighted by Crippen LogP contribution is 2.62. The minimum Gasteiger partial charge on any atom is -0.459 e. The number of fused-ring (bicyclic) bond motifs is 2. The van der Waals surface area contributed by atoms with Crippen molar-refractivity contribution in [1.29, 1.82) is 0 Å². The molecule has 2 aliphatic carbocycles. The van der Waals surface area contributed by atoms with Gasteiger partial charge >= 0.3 is 12.2 Å². The lowest BCUT2D eigenvalue weighted by atomic mass is 9.55. The Morgan fingerprint density at radius 1 is 0.910 bits per heavy atom. The molecule has 0 bridgehead atoms. The lowest BCUT2D eigenvalue weighted by Gasteiger charge is -2.59. The van der Waals surface area contributed by atoms with Crippen LogP contribution < -0.4 is 14.8 Å². The summed E-state index contributed by atoms with van der Waals surface area (Å²) in [6.07, 6.45) is 21.4. The number of hydrogen-bond acceptors (Lipinski definition) is 10. The molecule has 0 spiro atoms. The van der Waals surface area contributed by atoms with Gasteiger partial charge in [0.1, 0.15) is 30.0 Å². The van der Waals surface area contributed by atoms with Gasteiger partial charge in [0.05, 0.1) is 24.8 Å². The number of oxime groups is 1. The fourth-order valence-electron chi connectivity index (χ4n) is 10.2. The Kier molecular flexibility index (Phi) is 22.7. The van der Waals surface area contributed by atoms with Crippen molar-refractivity contribution in [3.05, 3.63) is 96.4 Å². The van der Waals surface area contributed by atoms with E-state index in [4.69, 9.17) is 28.9 Å². The molecule has 0 aromatic heterocycles. The average molecular weight is 932 g/mol. The van der Waals surface area contributed by atoms with E-state index in [2.05, 4.69) is 31.5 Å². The van der Waals surface area contributed by atoms with E-state index < -0.39 is 35.8 Å². The highest BCUT2D eigenvalue weighted by molar-refractivity contribution is 6.03. The summed E-state index contributed by atoms with van der Waals surface area (Å²) in [4.78, 5) is 35.3. The zero-order valence-corrected chi connectivity index (χ0v) is 40.3. The fraction of sp³-hybridized carbons (Fsp3) is 0.611. The maximum atomic E-state index is 14.6. The van der Waals surface area contributed by atoms with Crippen LogP contribution in [-0.2, 0) is 20.9 Å². The molecule has 1 fully saturated rings. The molecule has 12 nitrogen and oxygen atoms in total. The number of carbonyl (C=O) groups is 2. The Labute approximate surface area is 399 Å². The Balaban J connectivity index is 1.57. The standard InChI is InChI=1S/C54H78FN3O9/c1-5-9-11-12-13-14-15-16-17-20-31-56-52(61)66-43-29-30-48-46(37-43)50-44(24-19-22-33-60)41(23-18-21-32-59)36-45-47(57-65-8-4)38-49(54(67-48,51(45)50)64-34-7-3)58(53(62)63-35-10-6-2)39-40-25-27-42(55)28-26-40/h6-7,25-30,36-37,41,44,49-51,59-60H,2-3,5,8-24,31-35,38-39H2,1,4H3,(H,56,61)/t41-,44+,49-,50+,51+,54+/m0/s1. The van der Waals surface area contributed by atoms with Gasteiger partial charge in [-0.3, -0.25) is 4.90 Å². The molecule has 1 saturated carbocycles. The summed E-state index contributed by atoms with van der Waals surface area (Å²) in [7, 11) is 0. The molecule has 6 atom stereocenters. The van der Waals surface area contributed by atoms with Gasteiger partial charge in [-0.25, -0.2) is 14.0 Å². The van der Waals surface area contributed by atoms with Crippen molar-refractivity contribution < 1.29 is 48.0 Å². The van der Waals surface area contributed by atoms with Crippen LogP contribution in [0, 0.1) is 23.6 Å². The van der Waals surface area contributed by atoms with Crippen molar-refractivity contribution in [2.24, 2.45) is 22.9 Å². The Morgan fingerprint density at radius 3 is 2.28 bits per heavy atom. The summed E-state index contributed by atoms with van der Waals surface area (Å²) in [6.45, 7) is 13.1. The number of allylic oxidation sites excluding steroid dienone is 1. The first-order valence-electron chi connectivity index (χ1n) is 25.2. The molecular formula is C54H78FN3O9. The van der Waals surface area contributed by atoms with Gasteiger partial charge in [0.25, 0.3) is 0 Å². The lowest BCUT2D eigenvalue weighted by molar-refractivity contribution is -0.256. The van der Waals surface area contributed by atoms with E-state index >= 15 is 0 Å². The van der Waals surface area contributed by atoms with E-state index in [1.165, 1.54) is 57.1 Å². The predicted octanol–water partition coefficient (Wildman–Crippen LogP) is 11.7. The molecule has 1 aliphatic heterocycles. The maximum Gasteiger partial charge on any atom is 0.412 e. The van der Waals surface area contributed by atoms with Gasteiger partial charge in [0.2, 0.25) is 5.79 Å². The second kappa shape index (κ2) is 28.6. The number of nitrogens with one attached hydrogen (secondary N) is 1. The number of amides is 2. The molecule has 67 heavy (non-hydrogen) atoms. The Hall–Kier alpha value is -4.72. The number of hydrogen-bond donors (Lipinski definition) is 3. The number of aliphatic hydroxyl groups excluding tert-OH is 2. The molecule has 2 aromatic carbocycles. The fourth-order valence-corrected chi connectivity index (χ4v) is 10.2. The number of rotatable bonds is 31. The van der Waals surface area contributed by atoms with E-state index in [-0.39, 0.29) is 57.1 Å². The molecule has 2 aromatic rings. The number of halogens is 1. The number of ether oxygens (including phenoxy) is 4. The van der Waals surface area contributed by atoms with Crippen molar-refractivity contribution in [3.63, 3.8) is 0 Å². The average Bonchev–Trinajstić information content (AvgIpc) is 3.33. The minimum atomic E-state index is -1.54. The van der Waals surface area contributed by atoms with E-state index in [1.54, 1.807) is 35.3 Å². The summed E-state index contributed by atoms with van der Waals surface area (Å²) >= 11 is 0. The third-order valence-corrected chi connectivity index (χ3v) is 13.4. The maximum absolute atomic E-state index is 14.6. The lowest BCUT2D eigenvalue weighted by Crippen LogP contribution is -2.70. The van der Waals surface area contributed by atoms with Crippen molar-refractivity contribution in [2.45, 2.75) is 154 Å². The third kappa shape index (κ3) is 14.9. The first kappa shape index (κ1) is 53.2. The second-order valence-electron chi connectivity index (χ2n) is 18.1. The predicted molar refractivity (Wildman–Crippen MR) is 261 cm³/mol. The largest absolute Gasteiger partial charge is 0.459 e. The van der Waals surface area contributed by atoms with E-state index in [9.17, 15) is 24.2 Å². The molecule has 3 N–H and O–H groups in total. The zero-order valence-electron chi connectivity index (χ0n) is 40.3. The van der Waals surface area contributed by atoms with Crippen LogP contribution in [0.4, 0.5) is 14.0 Å². The SMILES string of the molecule is C=CCCOC(=O)N(Cc1ccc(F)cc1)[C@H]1CC(=NOCC)C2=C[C@H](CCCCO)[C@@H](CCCCO)[C@@H]3c4cc(OC(=O)NCCCCCCCCCCCC)ccc4O[C@@]1(OCC=C)[C@H]23. The van der Waals surface area contributed by atoms with E-state index in [0.717, 1.165) is 56.1 Å². The van der Waals surface area contributed by atoms with E-state index in [1.807, 2.05) is 19.1 Å². The molecule has 0 unspecified atom stereocenters. The van der Waals surface area contributed by atoms with Crippen LogP contribution in [-0.4, -0.2) is 84.4 Å². The highest BCUT2D eigenvalue weighted by atomic mass is 19.1. The molecule has 2 amide bonds. The van der Waals surface area contributed by atoms with Gasteiger partial charge in [-0.1, -0.05) is 113 Å². The molecule has 370 valence electrons. The molecule has 0 radical (unpaired) electrons. The van der Waals surface area contributed by atoms with Crippen LogP contribution >= 0.6 is 0 Å². The van der Waals surface area contributed by atoms with Crippen LogP contribution in [0.5, 0.6) is 11.5 Å². The summed E-state index contributed by atoms with van der Waals surface area (Å²) in [5.41, 5.74) is 3.00. The monoisotopic (exact) mass is 932 g/mol. The number of aliphatic hydroxyl groups is 2. The molecule has 1 heterocycles. The number of carbonyl (C=O) groups excluding carboxylic acids is 2. The number of nitrogens with zero attached hydrogens (tertiary/aromatic N) is 2. The quantitative estimate of drug-likeness (QED) is 0.0382. The second-order valence-corrected chi connectivity index (χ2v) is 18.1. The third-order valence-electron chi connectivity index (χ3n) is 13.4. The van der Waals surface area contributed by atoms with Gasteiger partial charge < -0.3 is 39.3 Å². The van der Waals surface area contributed by atoms with Gasteiger partial charge in [0.15, 0.2) is 0 Å². The van der Waals surface area contributed by atoms with Crippen LogP contribution in [0.15, 0.2) is 84.6 Å². The Bertz CT molecular complexity index is 1910. The van der Waals surface area contributed by atoms with Gasteiger partial charge in [-0.2, -0.15) is 0 Å². The summed E-state index contributed by atoms with van der Waals surface area (Å²) in [5, 5.41) is 27.6. The molecular weight excluding hydrogens is 854 g/mol. The topological polar surface area (TPSA) is 148 Å². The smallest absolute Gasteiger partial charge is 0.412 e. The van der Waals surface area contributed by atoms with Crippen molar-refractivity contribution in [2.75, 3.05) is 39.6 Å². The molecule has 3 aliphatic rings. The molecule has 5 rings (SSSR count). The molecule has 13 heteroatoms. The van der Waals surface area contributed by atoms with Crippen molar-refractivity contribution in [3.8, 4) is 11.5 Å². The normalized spacial score (nSPS) is 22.1. The van der Waals surface area contributed by atoms with Gasteiger partial charge in [-0.15, -0.1) is 13.2 Å². The van der Waals surface area contributed by atoms with Crippen LogP contribution in [0.3, 0.4) is 0 Å². The van der Waals surface area contributed by atoms with Crippen molar-refractivity contribution in [1.82, 2.24) is 10.2 Å². The van der Waals surface area contributed by atoms with Crippen LogP contribution in [0.2, 0.25) is 0 Å². The summed E-state index contributed by atoms with van der Waals surface area (Å²) < 4.78 is 40.5. The zero-order chi connectivity index (χ0) is 47.9. The minimum absolute atomic E-state index is 0.0149. The Morgan fingerprint density at radius 2 is 1.61 bits per heavy atom. The summed E-state index contributed by atoms with van der Waals surface area (Å²) in [5.74, 6) is -1.99. The number of unbranched alkanes of at least 4 members (excludes halogenated alkanes) is 11. The first-order chi connectivity index (χ1) is 32.7. The van der Waals surface area contributed by atoms with Crippen molar-refractivity contribution >= 4 is 17.9 Å².